The molecule has 0 unspecified atom stereocenters. The molecule has 5 heteroatoms. The molecule has 0 bridgehead atoms. The fourth-order valence-electron chi connectivity index (χ4n) is 1.65. The summed E-state index contributed by atoms with van der Waals surface area (Å²) in [5.41, 5.74) is -2.28. The number of carbonyl (C=O) groups is 1. The first-order valence-corrected chi connectivity index (χ1v) is 5.10. The third kappa shape index (κ3) is 1.48. The first-order valence-electron chi connectivity index (χ1n) is 5.10. The monoisotopic (exact) mass is 225 g/mol. The minimum Gasteiger partial charge on any atom is -0.467 e. The van der Waals surface area contributed by atoms with Crippen LogP contribution in [0.3, 0.4) is 0 Å². The molecule has 0 radical (unpaired) electrons. The quantitative estimate of drug-likeness (QED) is 0.832. The summed E-state index contributed by atoms with van der Waals surface area (Å²) >= 11 is 0. The lowest BCUT2D eigenvalue weighted by Crippen LogP contribution is -2.53. The fraction of sp³-hybridized carbons (Fsp3) is 0.545. The van der Waals surface area contributed by atoms with Gasteiger partial charge in [0.2, 0.25) is 0 Å². The Morgan fingerprint density at radius 1 is 1.44 bits per heavy atom. The Balaban J connectivity index is 2.24. The zero-order valence-electron chi connectivity index (χ0n) is 9.56. The van der Waals surface area contributed by atoms with E-state index in [4.69, 9.17) is 9.15 Å². The van der Waals surface area contributed by atoms with E-state index in [2.05, 4.69) is 0 Å². The first kappa shape index (κ1) is 11.0. The van der Waals surface area contributed by atoms with Gasteiger partial charge in [0.15, 0.2) is 11.3 Å². The molecule has 1 aromatic rings. The second kappa shape index (κ2) is 3.25. The molecule has 1 aliphatic rings. The van der Waals surface area contributed by atoms with E-state index in [0.717, 1.165) is 0 Å². The van der Waals surface area contributed by atoms with Crippen LogP contribution in [-0.2, 0) is 11.3 Å². The first-order chi connectivity index (χ1) is 7.34. The van der Waals surface area contributed by atoms with Crippen LogP contribution in [0.15, 0.2) is 22.8 Å². The maximum atomic E-state index is 11.6. The van der Waals surface area contributed by atoms with Crippen molar-refractivity contribution < 1.29 is 19.1 Å². The molecular weight excluding hydrogens is 210 g/mol. The van der Waals surface area contributed by atoms with Crippen LogP contribution in [0.4, 0.5) is 4.79 Å². The molecule has 88 valence electrons. The van der Waals surface area contributed by atoms with Crippen LogP contribution >= 0.6 is 0 Å². The lowest BCUT2D eigenvalue weighted by atomic mass is 9.96. The molecule has 1 aliphatic heterocycles. The molecule has 1 amide bonds. The van der Waals surface area contributed by atoms with Gasteiger partial charge in [-0.25, -0.2) is 4.79 Å². The predicted molar refractivity (Wildman–Crippen MR) is 55.4 cm³/mol. The highest BCUT2D eigenvalue weighted by Crippen LogP contribution is 2.37. The van der Waals surface area contributed by atoms with Gasteiger partial charge in [-0.2, -0.15) is 0 Å². The fourth-order valence-corrected chi connectivity index (χ4v) is 1.65. The second-order valence-electron chi connectivity index (χ2n) is 4.56. The Kier molecular flexibility index (Phi) is 2.24. The summed E-state index contributed by atoms with van der Waals surface area (Å²) in [6, 6.07) is 3.48. The van der Waals surface area contributed by atoms with Crippen LogP contribution in [-0.4, -0.2) is 27.4 Å². The van der Waals surface area contributed by atoms with E-state index in [-0.39, 0.29) is 6.54 Å². The lowest BCUT2D eigenvalue weighted by Gasteiger charge is -2.34. The highest BCUT2D eigenvalue weighted by atomic mass is 16.6. The summed E-state index contributed by atoms with van der Waals surface area (Å²) in [6.07, 6.45) is 0.989. The summed E-state index contributed by atoms with van der Waals surface area (Å²) in [7, 11) is 0. The van der Waals surface area contributed by atoms with Gasteiger partial charge in [0.05, 0.1) is 12.8 Å². The van der Waals surface area contributed by atoms with Crippen molar-refractivity contribution >= 4 is 6.09 Å². The van der Waals surface area contributed by atoms with Crippen molar-refractivity contribution in [3.8, 4) is 0 Å². The van der Waals surface area contributed by atoms with E-state index >= 15 is 0 Å². The smallest absolute Gasteiger partial charge is 0.413 e. The van der Waals surface area contributed by atoms with Gasteiger partial charge in [-0.15, -0.1) is 0 Å². The second-order valence-corrected chi connectivity index (χ2v) is 4.56. The molecular formula is C11H15NO4. The number of hydrogen-bond donors (Lipinski definition) is 1. The number of furan rings is 1. The summed E-state index contributed by atoms with van der Waals surface area (Å²) < 4.78 is 10.3. The van der Waals surface area contributed by atoms with Crippen LogP contribution in [0.1, 0.15) is 26.5 Å². The SMILES string of the molecule is CC1(C)OC(=O)N(Cc2ccco2)[C@@]1(C)O. The number of hydrogen-bond acceptors (Lipinski definition) is 4. The molecule has 0 aliphatic carbocycles. The van der Waals surface area contributed by atoms with Gasteiger partial charge in [0.1, 0.15) is 5.76 Å². The molecule has 1 fully saturated rings. The Labute approximate surface area is 93.6 Å². The minimum absolute atomic E-state index is 0.197. The van der Waals surface area contributed by atoms with Gasteiger partial charge in [-0.3, -0.25) is 4.90 Å². The molecule has 0 saturated carbocycles. The third-order valence-electron chi connectivity index (χ3n) is 3.12. The molecule has 16 heavy (non-hydrogen) atoms. The summed E-state index contributed by atoms with van der Waals surface area (Å²) in [5.74, 6) is 0.606. The van der Waals surface area contributed by atoms with Crippen LogP contribution in [0.5, 0.6) is 0 Å². The van der Waals surface area contributed by atoms with Crippen molar-refractivity contribution in [1.82, 2.24) is 4.90 Å². The van der Waals surface area contributed by atoms with E-state index in [9.17, 15) is 9.90 Å². The highest BCUT2D eigenvalue weighted by Gasteiger charge is 2.56. The van der Waals surface area contributed by atoms with Crippen molar-refractivity contribution in [2.45, 2.75) is 38.6 Å². The van der Waals surface area contributed by atoms with Crippen LogP contribution in [0.25, 0.3) is 0 Å². The minimum atomic E-state index is -1.35. The zero-order valence-corrected chi connectivity index (χ0v) is 9.56. The molecule has 0 aromatic carbocycles. The maximum absolute atomic E-state index is 11.6. The largest absolute Gasteiger partial charge is 0.467 e. The molecule has 1 N–H and O–H groups in total. The highest BCUT2D eigenvalue weighted by molar-refractivity contribution is 5.72. The maximum Gasteiger partial charge on any atom is 0.413 e. The Bertz CT molecular complexity index is 394. The van der Waals surface area contributed by atoms with Gasteiger partial charge in [-0.1, -0.05) is 0 Å². The Morgan fingerprint density at radius 3 is 2.56 bits per heavy atom. The average Bonchev–Trinajstić information content (AvgIpc) is 2.68. The van der Waals surface area contributed by atoms with Gasteiger partial charge < -0.3 is 14.3 Å². The third-order valence-corrected chi connectivity index (χ3v) is 3.12. The molecule has 5 nitrogen and oxygen atoms in total. The lowest BCUT2D eigenvalue weighted by molar-refractivity contribution is -0.130. The summed E-state index contributed by atoms with van der Waals surface area (Å²) in [4.78, 5) is 12.9. The van der Waals surface area contributed by atoms with E-state index in [1.54, 1.807) is 32.9 Å². The van der Waals surface area contributed by atoms with Crippen molar-refractivity contribution in [2.24, 2.45) is 0 Å². The predicted octanol–water partition coefficient (Wildman–Crippen LogP) is 1.72. The molecule has 1 atom stereocenters. The van der Waals surface area contributed by atoms with Crippen molar-refractivity contribution in [3.05, 3.63) is 24.2 Å². The van der Waals surface area contributed by atoms with Crippen LogP contribution in [0.2, 0.25) is 0 Å². The van der Waals surface area contributed by atoms with E-state index < -0.39 is 17.4 Å². The number of rotatable bonds is 2. The van der Waals surface area contributed by atoms with Gasteiger partial charge in [-0.05, 0) is 32.9 Å². The average molecular weight is 225 g/mol. The summed E-state index contributed by atoms with van der Waals surface area (Å²) in [5, 5.41) is 10.3. The van der Waals surface area contributed by atoms with E-state index in [1.165, 1.54) is 11.2 Å². The molecule has 2 rings (SSSR count). The van der Waals surface area contributed by atoms with E-state index in [1.807, 2.05) is 0 Å². The molecule has 1 aromatic heterocycles. The number of nitrogens with zero attached hydrogens (tertiary/aromatic N) is 1. The Hall–Kier alpha value is -1.49. The van der Waals surface area contributed by atoms with Crippen molar-refractivity contribution in [2.75, 3.05) is 0 Å². The van der Waals surface area contributed by atoms with Crippen LogP contribution in [0, 0.1) is 0 Å². The molecule has 0 spiro atoms. The normalized spacial score (nSPS) is 28.2. The topological polar surface area (TPSA) is 62.9 Å². The molecule has 2 heterocycles. The van der Waals surface area contributed by atoms with Crippen LogP contribution < -0.4 is 0 Å². The summed E-state index contributed by atoms with van der Waals surface area (Å²) in [6.45, 7) is 5.10. The van der Waals surface area contributed by atoms with Crippen molar-refractivity contribution in [3.63, 3.8) is 0 Å². The number of carbonyl (C=O) groups excluding carboxylic acids is 1. The number of amides is 1. The number of aliphatic hydroxyl groups is 1. The van der Waals surface area contributed by atoms with Gasteiger partial charge >= 0.3 is 6.09 Å². The number of cyclic esters (lactones) is 1. The Morgan fingerprint density at radius 2 is 2.12 bits per heavy atom. The van der Waals surface area contributed by atoms with E-state index in [0.29, 0.717) is 5.76 Å². The van der Waals surface area contributed by atoms with Crippen molar-refractivity contribution in [1.29, 1.82) is 0 Å². The van der Waals surface area contributed by atoms with Gasteiger partial charge in [0.25, 0.3) is 0 Å². The standard InChI is InChI=1S/C11H15NO4/c1-10(2)11(3,14)12(9(13)16-10)7-8-5-4-6-15-8/h4-6,14H,7H2,1-3H3/t11-/m0/s1. The number of ether oxygens (including phenoxy) is 1. The van der Waals surface area contributed by atoms with Gasteiger partial charge in [0, 0.05) is 0 Å². The zero-order chi connectivity index (χ0) is 12.0. The molecule has 1 saturated heterocycles.